The molecule has 0 spiro atoms. The molecule has 0 bridgehead atoms. The van der Waals surface area contributed by atoms with Crippen LogP contribution in [0, 0.1) is 0 Å². The van der Waals surface area contributed by atoms with Crippen molar-refractivity contribution in [3.05, 3.63) is 42.5 Å². The number of methoxy groups -OCH3 is 1. The Bertz CT molecular complexity index is 355. The fourth-order valence-corrected chi connectivity index (χ4v) is 1.38. The second-order valence-corrected chi connectivity index (χ2v) is 3.28. The van der Waals surface area contributed by atoms with Gasteiger partial charge in [-0.2, -0.15) is 0 Å². The minimum absolute atomic E-state index is 0.823. The van der Waals surface area contributed by atoms with E-state index in [-0.39, 0.29) is 0 Å². The monoisotopic (exact) mass is 219 g/mol. The third-order valence-electron chi connectivity index (χ3n) is 2.21. The first-order valence-electron chi connectivity index (χ1n) is 5.17. The normalized spacial score (nSPS) is 11.0. The van der Waals surface area contributed by atoms with Crippen LogP contribution in [0.25, 0.3) is 0 Å². The summed E-state index contributed by atoms with van der Waals surface area (Å²) in [6.07, 6.45) is 3.58. The van der Waals surface area contributed by atoms with Gasteiger partial charge in [0.15, 0.2) is 0 Å². The van der Waals surface area contributed by atoms with Crippen LogP contribution in [0.4, 0.5) is 0 Å². The maximum Gasteiger partial charge on any atom is 0.118 e. The molecule has 0 aliphatic rings. The van der Waals surface area contributed by atoms with Crippen LogP contribution < -0.4 is 4.74 Å². The highest BCUT2D eigenvalue weighted by molar-refractivity contribution is 6.00. The third-order valence-corrected chi connectivity index (χ3v) is 2.21. The number of hydrogen-bond donors (Lipinski definition) is 0. The molecule has 0 radical (unpaired) electrons. The van der Waals surface area contributed by atoms with Crippen LogP contribution in [-0.2, 0) is 4.84 Å². The van der Waals surface area contributed by atoms with E-state index in [1.165, 1.54) is 0 Å². The predicted molar refractivity (Wildman–Crippen MR) is 66.0 cm³/mol. The molecule has 0 aromatic heterocycles. The van der Waals surface area contributed by atoms with E-state index in [4.69, 9.17) is 9.57 Å². The Morgan fingerprint density at radius 3 is 2.50 bits per heavy atom. The van der Waals surface area contributed by atoms with Gasteiger partial charge in [0.1, 0.15) is 12.9 Å². The summed E-state index contributed by atoms with van der Waals surface area (Å²) in [5.41, 5.74) is 1.97. The Kier molecular flexibility index (Phi) is 5.12. The highest BCUT2D eigenvalue weighted by Crippen LogP contribution is 2.14. The molecule has 0 unspecified atom stereocenters. The maximum atomic E-state index is 5.10. The molecule has 16 heavy (non-hydrogen) atoms. The Balaban J connectivity index is 2.83. The molecular weight excluding hydrogens is 202 g/mol. The molecule has 0 saturated carbocycles. The van der Waals surface area contributed by atoms with Crippen molar-refractivity contribution in [1.29, 1.82) is 0 Å². The Labute approximate surface area is 96.4 Å². The van der Waals surface area contributed by atoms with E-state index >= 15 is 0 Å². The van der Waals surface area contributed by atoms with Gasteiger partial charge in [0.05, 0.1) is 12.8 Å². The lowest BCUT2D eigenvalue weighted by Crippen LogP contribution is -2.01. The zero-order chi connectivity index (χ0) is 11.8. The zero-order valence-electron chi connectivity index (χ0n) is 9.77. The van der Waals surface area contributed by atoms with Gasteiger partial charge in [-0.1, -0.05) is 11.2 Å². The Morgan fingerprint density at radius 1 is 1.31 bits per heavy atom. The lowest BCUT2D eigenvalue weighted by Gasteiger charge is -2.05. The number of allylic oxidation sites excluding steroid dienone is 1. The van der Waals surface area contributed by atoms with Crippen molar-refractivity contribution in [1.82, 2.24) is 0 Å². The highest BCUT2D eigenvalue weighted by atomic mass is 16.6. The van der Waals surface area contributed by atoms with Gasteiger partial charge in [-0.05, 0) is 42.7 Å². The highest BCUT2D eigenvalue weighted by Gasteiger charge is 2.03. The molecular formula is C13H17NO2. The van der Waals surface area contributed by atoms with E-state index in [0.717, 1.165) is 29.9 Å². The van der Waals surface area contributed by atoms with Crippen LogP contribution in [0.5, 0.6) is 5.75 Å². The Hall–Kier alpha value is -1.77. The van der Waals surface area contributed by atoms with Crippen molar-refractivity contribution >= 4 is 5.71 Å². The van der Waals surface area contributed by atoms with Crippen LogP contribution in [-0.4, -0.2) is 19.9 Å². The van der Waals surface area contributed by atoms with Crippen molar-refractivity contribution in [3.8, 4) is 5.75 Å². The summed E-state index contributed by atoms with van der Waals surface area (Å²) in [5.74, 6) is 0.837. The molecule has 0 fully saturated rings. The average molecular weight is 219 g/mol. The van der Waals surface area contributed by atoms with Crippen molar-refractivity contribution in [3.63, 3.8) is 0 Å². The molecule has 0 heterocycles. The van der Waals surface area contributed by atoms with Gasteiger partial charge in [-0.25, -0.2) is 0 Å². The van der Waals surface area contributed by atoms with Gasteiger partial charge in [0, 0.05) is 0 Å². The molecule has 86 valence electrons. The van der Waals surface area contributed by atoms with E-state index in [0.29, 0.717) is 0 Å². The van der Waals surface area contributed by atoms with E-state index in [1.807, 2.05) is 30.3 Å². The summed E-state index contributed by atoms with van der Waals surface area (Å²) >= 11 is 0. The van der Waals surface area contributed by atoms with Crippen molar-refractivity contribution in [2.45, 2.75) is 12.8 Å². The third kappa shape index (κ3) is 3.42. The van der Waals surface area contributed by atoms with Crippen molar-refractivity contribution in [2.24, 2.45) is 5.16 Å². The number of ether oxygens (including phenoxy) is 1. The Morgan fingerprint density at radius 2 is 2.00 bits per heavy atom. The molecule has 0 aliphatic heterocycles. The number of benzene rings is 1. The van der Waals surface area contributed by atoms with Crippen molar-refractivity contribution < 1.29 is 9.57 Å². The van der Waals surface area contributed by atoms with Crippen LogP contribution in [0.2, 0.25) is 0 Å². The predicted octanol–water partition coefficient (Wildman–Crippen LogP) is 3.01. The molecule has 3 nitrogen and oxygen atoms in total. The smallest absolute Gasteiger partial charge is 0.118 e. The van der Waals surface area contributed by atoms with E-state index in [9.17, 15) is 0 Å². The summed E-state index contributed by atoms with van der Waals surface area (Å²) in [4.78, 5) is 4.83. The minimum Gasteiger partial charge on any atom is -0.497 e. The maximum absolute atomic E-state index is 5.10. The molecule has 0 saturated heterocycles. The summed E-state index contributed by atoms with van der Waals surface area (Å²) in [6, 6.07) is 7.77. The van der Waals surface area contributed by atoms with Crippen LogP contribution in [0.15, 0.2) is 42.1 Å². The first-order valence-corrected chi connectivity index (χ1v) is 5.17. The van der Waals surface area contributed by atoms with Gasteiger partial charge < -0.3 is 9.57 Å². The molecule has 3 heteroatoms. The minimum atomic E-state index is 0.823. The lowest BCUT2D eigenvalue weighted by molar-refractivity contribution is 0.213. The number of oxime groups is 1. The first-order chi connectivity index (χ1) is 7.81. The van der Waals surface area contributed by atoms with Crippen LogP contribution in [0.3, 0.4) is 0 Å². The summed E-state index contributed by atoms with van der Waals surface area (Å²) in [7, 11) is 3.20. The fraction of sp³-hybridized carbons (Fsp3) is 0.308. The molecule has 0 aliphatic carbocycles. The number of nitrogens with zero attached hydrogens (tertiary/aromatic N) is 1. The quantitative estimate of drug-likeness (QED) is 0.418. The topological polar surface area (TPSA) is 30.8 Å². The molecule has 0 N–H and O–H groups in total. The van der Waals surface area contributed by atoms with Gasteiger partial charge >= 0.3 is 0 Å². The van der Waals surface area contributed by atoms with Crippen molar-refractivity contribution in [2.75, 3.05) is 14.2 Å². The largest absolute Gasteiger partial charge is 0.497 e. The average Bonchev–Trinajstić information content (AvgIpc) is 2.35. The first kappa shape index (κ1) is 12.3. The van der Waals surface area contributed by atoms with Gasteiger partial charge in [0.2, 0.25) is 0 Å². The van der Waals surface area contributed by atoms with Gasteiger partial charge in [0.25, 0.3) is 0 Å². The van der Waals surface area contributed by atoms with E-state index < -0.39 is 0 Å². The van der Waals surface area contributed by atoms with E-state index in [1.54, 1.807) is 14.2 Å². The second-order valence-electron chi connectivity index (χ2n) is 3.28. The standard InChI is InChI=1S/C13H17NO2/c1-4-5-6-13(14-16-3)11-7-9-12(15-2)10-8-11/h4,7-10H,1,5-6H2,2-3H3/b14-13+. The van der Waals surface area contributed by atoms with Gasteiger partial charge in [-0.15, -0.1) is 6.58 Å². The lowest BCUT2D eigenvalue weighted by atomic mass is 10.1. The SMILES string of the molecule is C=CCC/C(=N\OC)c1ccc(OC)cc1. The molecule has 1 aromatic rings. The molecule has 0 amide bonds. The molecule has 0 atom stereocenters. The molecule has 1 rings (SSSR count). The van der Waals surface area contributed by atoms with Crippen LogP contribution >= 0.6 is 0 Å². The number of rotatable bonds is 6. The zero-order valence-corrected chi connectivity index (χ0v) is 9.77. The summed E-state index contributed by atoms with van der Waals surface area (Å²) in [6.45, 7) is 3.70. The second kappa shape index (κ2) is 6.67. The summed E-state index contributed by atoms with van der Waals surface area (Å²) < 4.78 is 5.10. The fourth-order valence-electron chi connectivity index (χ4n) is 1.38. The van der Waals surface area contributed by atoms with Gasteiger partial charge in [-0.3, -0.25) is 0 Å². The van der Waals surface area contributed by atoms with Crippen LogP contribution in [0.1, 0.15) is 18.4 Å². The molecule has 1 aromatic carbocycles. The number of hydrogen-bond acceptors (Lipinski definition) is 3. The summed E-state index contributed by atoms with van der Waals surface area (Å²) in [5, 5.41) is 4.02. The van der Waals surface area contributed by atoms with E-state index in [2.05, 4.69) is 11.7 Å².